The predicted octanol–water partition coefficient (Wildman–Crippen LogP) is 4.43. The monoisotopic (exact) mass is 384 g/mol. The van der Waals surface area contributed by atoms with Crippen LogP contribution in [0.15, 0.2) is 24.3 Å². The third kappa shape index (κ3) is 2.32. The average Bonchev–Trinajstić information content (AvgIpc) is 2.92. The number of ketones is 2. The Balaban J connectivity index is 1.72. The molecule has 0 heterocycles. The molecule has 152 valence electrons. The van der Waals surface area contributed by atoms with E-state index in [-0.39, 0.29) is 34.3 Å². The van der Waals surface area contributed by atoms with Gasteiger partial charge in [-0.1, -0.05) is 26.5 Å². The molecule has 0 bridgehead atoms. The molecular weight excluding hydrogens is 352 g/mol. The molecule has 7 atom stereocenters. The van der Waals surface area contributed by atoms with Crippen molar-refractivity contribution in [3.63, 3.8) is 0 Å². The van der Waals surface area contributed by atoms with E-state index in [2.05, 4.69) is 26.5 Å². The van der Waals surface area contributed by atoms with E-state index in [1.165, 1.54) is 6.92 Å². The van der Waals surface area contributed by atoms with Crippen molar-refractivity contribution in [3.8, 4) is 0 Å². The zero-order valence-corrected chi connectivity index (χ0v) is 17.5. The van der Waals surface area contributed by atoms with E-state index in [9.17, 15) is 14.4 Å². The molecule has 4 aliphatic rings. The summed E-state index contributed by atoms with van der Waals surface area (Å²) >= 11 is 0. The molecule has 4 heteroatoms. The maximum absolute atomic E-state index is 12.8. The van der Waals surface area contributed by atoms with Crippen molar-refractivity contribution < 1.29 is 19.1 Å². The molecule has 28 heavy (non-hydrogen) atoms. The molecule has 1 unspecified atom stereocenters. The van der Waals surface area contributed by atoms with Crippen LogP contribution in [0.2, 0.25) is 0 Å². The molecule has 4 nitrogen and oxygen atoms in total. The highest BCUT2D eigenvalue weighted by Gasteiger charge is 2.68. The maximum atomic E-state index is 12.8. The third-order valence-electron chi connectivity index (χ3n) is 9.11. The van der Waals surface area contributed by atoms with Crippen LogP contribution >= 0.6 is 0 Å². The van der Waals surface area contributed by atoms with Gasteiger partial charge in [0.2, 0.25) is 0 Å². The summed E-state index contributed by atoms with van der Waals surface area (Å²) in [4.78, 5) is 36.8. The standard InChI is InChI=1S/C24H32O4/c1-14-18-7-6-17-19(22(18,4)11-10-21(14)27)8-12-23(5)20(17)9-13-24(23,15(2)25)28-16(3)26/h10-11,17-20H,1,6-9,12-13H2,2-5H3/t17-,18?,19+,20+,22+,23+,24+/m1/s1. The lowest BCUT2D eigenvalue weighted by Gasteiger charge is -2.60. The lowest BCUT2D eigenvalue weighted by Crippen LogP contribution is -2.59. The molecule has 0 aromatic rings. The van der Waals surface area contributed by atoms with E-state index >= 15 is 0 Å². The molecule has 0 aromatic carbocycles. The summed E-state index contributed by atoms with van der Waals surface area (Å²) < 4.78 is 5.81. The molecule has 4 aliphatic carbocycles. The Morgan fingerprint density at radius 2 is 1.75 bits per heavy atom. The number of fused-ring (bicyclic) bond motifs is 5. The summed E-state index contributed by atoms with van der Waals surface area (Å²) in [5.74, 6) is 1.26. The second kappa shape index (κ2) is 6.14. The SMILES string of the molecule is C=C1C(=O)C=C[C@@]2(C)C1CC[C@@H]1[C@@H]2CC[C@@]2(C)[C@H]1CC[C@]2(OC(C)=O)C(C)=O. The first-order chi connectivity index (χ1) is 13.1. The van der Waals surface area contributed by atoms with Crippen molar-refractivity contribution in [2.24, 2.45) is 34.5 Å². The quantitative estimate of drug-likeness (QED) is 0.522. The summed E-state index contributed by atoms with van der Waals surface area (Å²) in [5, 5.41) is 0. The van der Waals surface area contributed by atoms with Gasteiger partial charge in [-0.25, -0.2) is 0 Å². The van der Waals surface area contributed by atoms with Crippen LogP contribution in [0.3, 0.4) is 0 Å². The van der Waals surface area contributed by atoms with Crippen LogP contribution in [0.5, 0.6) is 0 Å². The number of carbonyl (C=O) groups is 3. The van der Waals surface area contributed by atoms with Crippen molar-refractivity contribution in [1.82, 2.24) is 0 Å². The van der Waals surface area contributed by atoms with Crippen molar-refractivity contribution in [1.29, 1.82) is 0 Å². The molecule has 3 saturated carbocycles. The van der Waals surface area contributed by atoms with E-state index in [4.69, 9.17) is 4.74 Å². The summed E-state index contributed by atoms with van der Waals surface area (Å²) in [5.41, 5.74) is -0.562. The normalized spacial score (nSPS) is 47.1. The van der Waals surface area contributed by atoms with E-state index in [0.717, 1.165) is 37.7 Å². The summed E-state index contributed by atoms with van der Waals surface area (Å²) in [7, 11) is 0. The van der Waals surface area contributed by atoms with Gasteiger partial charge in [0.15, 0.2) is 17.2 Å². The van der Waals surface area contributed by atoms with Crippen molar-refractivity contribution in [3.05, 3.63) is 24.3 Å². The van der Waals surface area contributed by atoms with Gasteiger partial charge in [-0.2, -0.15) is 0 Å². The number of ether oxygens (including phenoxy) is 1. The number of Topliss-reactive ketones (excluding diaryl/α,β-unsaturated/α-hetero) is 1. The van der Waals surface area contributed by atoms with Gasteiger partial charge in [-0.05, 0) is 86.2 Å². The fourth-order valence-corrected chi connectivity index (χ4v) is 7.78. The second-order valence-electron chi connectivity index (χ2n) is 10.1. The average molecular weight is 385 g/mol. The topological polar surface area (TPSA) is 60.4 Å². The summed E-state index contributed by atoms with van der Waals surface area (Å²) in [6.45, 7) is 11.6. The number of rotatable bonds is 2. The second-order valence-corrected chi connectivity index (χ2v) is 10.1. The molecule has 0 N–H and O–H groups in total. The Labute approximate surface area is 167 Å². The summed E-state index contributed by atoms with van der Waals surface area (Å²) in [6.07, 6.45) is 9.33. The minimum atomic E-state index is -0.978. The first-order valence-electron chi connectivity index (χ1n) is 10.7. The van der Waals surface area contributed by atoms with E-state index in [1.54, 1.807) is 13.0 Å². The zero-order chi connectivity index (χ0) is 20.5. The molecule has 0 aromatic heterocycles. The van der Waals surface area contributed by atoms with Crippen LogP contribution in [-0.4, -0.2) is 23.1 Å². The van der Waals surface area contributed by atoms with Crippen LogP contribution in [0.1, 0.15) is 66.2 Å². The van der Waals surface area contributed by atoms with E-state index in [1.807, 2.05) is 0 Å². The maximum Gasteiger partial charge on any atom is 0.303 e. The molecule has 0 amide bonds. The number of allylic oxidation sites excluding steroid dienone is 3. The first-order valence-corrected chi connectivity index (χ1v) is 10.7. The fourth-order valence-electron chi connectivity index (χ4n) is 7.78. The van der Waals surface area contributed by atoms with Crippen molar-refractivity contribution in [2.75, 3.05) is 0 Å². The number of esters is 1. The van der Waals surface area contributed by atoms with Crippen LogP contribution in [-0.2, 0) is 19.1 Å². The molecule has 3 fully saturated rings. The fraction of sp³-hybridized carbons (Fsp3) is 0.708. The van der Waals surface area contributed by atoms with Gasteiger partial charge < -0.3 is 4.74 Å². The Morgan fingerprint density at radius 3 is 2.39 bits per heavy atom. The van der Waals surface area contributed by atoms with E-state index < -0.39 is 5.60 Å². The highest BCUT2D eigenvalue weighted by molar-refractivity contribution is 6.05. The Bertz CT molecular complexity index is 794. The Hall–Kier alpha value is -1.71. The molecule has 0 aliphatic heterocycles. The minimum Gasteiger partial charge on any atom is -0.451 e. The minimum absolute atomic E-state index is 0.0115. The van der Waals surface area contributed by atoms with Crippen molar-refractivity contribution in [2.45, 2.75) is 71.8 Å². The van der Waals surface area contributed by atoms with Gasteiger partial charge in [-0.3, -0.25) is 14.4 Å². The number of hydrogen-bond acceptors (Lipinski definition) is 4. The smallest absolute Gasteiger partial charge is 0.303 e. The van der Waals surface area contributed by atoms with Gasteiger partial charge >= 0.3 is 5.97 Å². The number of hydrogen-bond donors (Lipinski definition) is 0. The molecule has 0 radical (unpaired) electrons. The third-order valence-corrected chi connectivity index (χ3v) is 9.11. The lowest BCUT2D eigenvalue weighted by atomic mass is 9.45. The van der Waals surface area contributed by atoms with Gasteiger partial charge in [0.25, 0.3) is 0 Å². The van der Waals surface area contributed by atoms with Crippen LogP contribution in [0.25, 0.3) is 0 Å². The first kappa shape index (κ1) is 19.6. The van der Waals surface area contributed by atoms with Crippen LogP contribution in [0.4, 0.5) is 0 Å². The van der Waals surface area contributed by atoms with Crippen molar-refractivity contribution >= 4 is 17.5 Å². The molecule has 0 saturated heterocycles. The van der Waals surface area contributed by atoms with Gasteiger partial charge in [0, 0.05) is 12.3 Å². The van der Waals surface area contributed by atoms with Gasteiger partial charge in [-0.15, -0.1) is 0 Å². The van der Waals surface area contributed by atoms with Gasteiger partial charge in [0.05, 0.1) is 0 Å². The molecule has 4 rings (SSSR count). The predicted molar refractivity (Wildman–Crippen MR) is 106 cm³/mol. The largest absolute Gasteiger partial charge is 0.451 e. The Morgan fingerprint density at radius 1 is 1.07 bits per heavy atom. The van der Waals surface area contributed by atoms with Crippen LogP contribution in [0, 0.1) is 34.5 Å². The molecular formula is C24H32O4. The molecule has 0 spiro atoms. The number of carbonyl (C=O) groups excluding carboxylic acids is 3. The van der Waals surface area contributed by atoms with Crippen LogP contribution < -0.4 is 0 Å². The van der Waals surface area contributed by atoms with E-state index in [0.29, 0.717) is 24.2 Å². The zero-order valence-electron chi connectivity index (χ0n) is 17.5. The summed E-state index contributed by atoms with van der Waals surface area (Å²) in [6, 6.07) is 0. The Kier molecular flexibility index (Phi) is 4.30. The highest BCUT2D eigenvalue weighted by atomic mass is 16.6. The lowest BCUT2D eigenvalue weighted by molar-refractivity contribution is -0.188. The highest BCUT2D eigenvalue weighted by Crippen LogP contribution is 2.68. The van der Waals surface area contributed by atoms with Gasteiger partial charge in [0.1, 0.15) is 0 Å².